The first-order chi connectivity index (χ1) is 12.7. The van der Waals surface area contributed by atoms with Gasteiger partial charge in [-0.05, 0) is 26.7 Å². The second kappa shape index (κ2) is 7.24. The molecule has 2 N–H and O–H groups in total. The summed E-state index contributed by atoms with van der Waals surface area (Å²) in [5.74, 6) is -1.44. The number of amides is 1. The van der Waals surface area contributed by atoms with Crippen LogP contribution in [0.2, 0.25) is 0 Å². The van der Waals surface area contributed by atoms with Crippen LogP contribution in [-0.2, 0) is 14.3 Å². The molecule has 1 aliphatic heterocycles. The van der Waals surface area contributed by atoms with E-state index >= 15 is 0 Å². The maximum Gasteiger partial charge on any atom is 0.330 e. The number of carboxylic acid groups (broad SMARTS) is 1. The van der Waals surface area contributed by atoms with Crippen molar-refractivity contribution in [2.75, 3.05) is 19.8 Å². The molecule has 3 rings (SSSR count). The lowest BCUT2D eigenvalue weighted by Gasteiger charge is -2.58. The smallest absolute Gasteiger partial charge is 0.330 e. The van der Waals surface area contributed by atoms with Crippen LogP contribution in [0.25, 0.3) is 0 Å². The molecule has 1 saturated heterocycles. The zero-order valence-corrected chi connectivity index (χ0v) is 16.4. The molecule has 1 aromatic heterocycles. The zero-order valence-electron chi connectivity index (χ0n) is 16.4. The molecule has 2 unspecified atom stereocenters. The number of hydrogen-bond donors (Lipinski definition) is 2. The first-order valence-electron chi connectivity index (χ1n) is 9.54. The van der Waals surface area contributed by atoms with Crippen LogP contribution in [0.3, 0.4) is 0 Å². The highest BCUT2D eigenvalue weighted by Crippen LogP contribution is 2.51. The molecule has 2 heterocycles. The summed E-state index contributed by atoms with van der Waals surface area (Å²) in [6.07, 6.45) is 3.28. The van der Waals surface area contributed by atoms with E-state index in [2.05, 4.69) is 10.4 Å². The summed E-state index contributed by atoms with van der Waals surface area (Å²) in [4.78, 5) is 25.0. The second-order valence-electron chi connectivity index (χ2n) is 7.97. The third-order valence-corrected chi connectivity index (χ3v) is 6.28. The predicted molar refractivity (Wildman–Crippen MR) is 97.7 cm³/mol. The summed E-state index contributed by atoms with van der Waals surface area (Å²) >= 11 is 0. The Bertz CT molecular complexity index is 723. The molecule has 27 heavy (non-hydrogen) atoms. The molecule has 1 aromatic rings. The van der Waals surface area contributed by atoms with Gasteiger partial charge in [0.2, 0.25) is 0 Å². The van der Waals surface area contributed by atoms with Crippen molar-refractivity contribution in [1.82, 2.24) is 15.1 Å². The van der Waals surface area contributed by atoms with Gasteiger partial charge in [0.1, 0.15) is 5.54 Å². The number of hydrogen-bond acceptors (Lipinski definition) is 5. The lowest BCUT2D eigenvalue weighted by atomic mass is 9.54. The first kappa shape index (κ1) is 19.8. The molecule has 0 aromatic carbocycles. The molecular weight excluding hydrogens is 350 g/mol. The Balaban J connectivity index is 1.80. The maximum absolute atomic E-state index is 12.9. The maximum atomic E-state index is 12.9. The van der Waals surface area contributed by atoms with Gasteiger partial charge in [-0.15, -0.1) is 0 Å². The van der Waals surface area contributed by atoms with Crippen molar-refractivity contribution < 1.29 is 24.2 Å². The lowest BCUT2D eigenvalue weighted by molar-refractivity contribution is -0.190. The van der Waals surface area contributed by atoms with E-state index in [9.17, 15) is 14.7 Å². The summed E-state index contributed by atoms with van der Waals surface area (Å²) in [6.45, 7) is 9.24. The number of carbonyl (C=O) groups excluding carboxylic acids is 1. The van der Waals surface area contributed by atoms with Crippen molar-refractivity contribution in [1.29, 1.82) is 0 Å². The normalized spacial score (nSPS) is 27.8. The number of nitrogens with zero attached hydrogens (tertiary/aromatic N) is 2. The van der Waals surface area contributed by atoms with Crippen LogP contribution in [0.4, 0.5) is 0 Å². The number of nitrogens with one attached hydrogen (secondary N) is 1. The van der Waals surface area contributed by atoms with E-state index in [0.29, 0.717) is 25.4 Å². The highest BCUT2D eigenvalue weighted by molar-refractivity contribution is 5.99. The average molecular weight is 379 g/mol. The summed E-state index contributed by atoms with van der Waals surface area (Å²) in [5, 5.41) is 17.0. The van der Waals surface area contributed by atoms with E-state index in [1.165, 1.54) is 6.20 Å². The van der Waals surface area contributed by atoms with Gasteiger partial charge >= 0.3 is 5.97 Å². The number of aliphatic carboxylic acids is 1. The molecular formula is C19H29N3O5. The third-order valence-electron chi connectivity index (χ3n) is 6.28. The minimum Gasteiger partial charge on any atom is -0.479 e. The van der Waals surface area contributed by atoms with Crippen LogP contribution >= 0.6 is 0 Å². The molecule has 0 spiro atoms. The molecule has 1 saturated carbocycles. The van der Waals surface area contributed by atoms with Gasteiger partial charge in [-0.2, -0.15) is 5.10 Å². The van der Waals surface area contributed by atoms with Gasteiger partial charge in [-0.25, -0.2) is 4.79 Å². The number of carboxylic acids is 1. The van der Waals surface area contributed by atoms with Crippen LogP contribution in [-0.4, -0.2) is 58.2 Å². The second-order valence-corrected chi connectivity index (χ2v) is 7.97. The Morgan fingerprint density at radius 3 is 2.63 bits per heavy atom. The fraction of sp³-hybridized carbons (Fsp3) is 0.737. The van der Waals surface area contributed by atoms with Gasteiger partial charge in [-0.3, -0.25) is 9.48 Å². The average Bonchev–Trinajstić information content (AvgIpc) is 3.02. The Morgan fingerprint density at radius 2 is 2.07 bits per heavy atom. The van der Waals surface area contributed by atoms with E-state index < -0.39 is 22.8 Å². The van der Waals surface area contributed by atoms with Crippen molar-refractivity contribution in [2.24, 2.45) is 5.41 Å². The molecule has 8 nitrogen and oxygen atoms in total. The van der Waals surface area contributed by atoms with E-state index in [1.54, 1.807) is 0 Å². The largest absolute Gasteiger partial charge is 0.479 e. The van der Waals surface area contributed by atoms with Crippen LogP contribution in [0.5, 0.6) is 0 Å². The standard InChI is InChI=1S/C19H29N3O5/c1-5-27-15-10-19(17(24)25,18(15,3)4)21-16(23)14-11-20-22(12(14)2)13-6-8-26-9-7-13/h11,13,15H,5-10H2,1-4H3,(H,21,23)(H,24,25). The molecule has 0 bridgehead atoms. The van der Waals surface area contributed by atoms with Crippen LogP contribution in [0.15, 0.2) is 6.20 Å². The lowest BCUT2D eigenvalue weighted by Crippen LogP contribution is -2.76. The molecule has 2 atom stereocenters. The SMILES string of the molecule is CCOC1CC(NC(=O)c2cnn(C3CCOCC3)c2C)(C(=O)O)C1(C)C. The molecule has 8 heteroatoms. The number of carbonyl (C=O) groups is 2. The number of rotatable bonds is 6. The van der Waals surface area contributed by atoms with Gasteiger partial charge in [0.15, 0.2) is 0 Å². The van der Waals surface area contributed by atoms with Gasteiger partial charge < -0.3 is 19.9 Å². The highest BCUT2D eigenvalue weighted by Gasteiger charge is 2.66. The fourth-order valence-corrected chi connectivity index (χ4v) is 4.24. The van der Waals surface area contributed by atoms with Gasteiger partial charge in [0.25, 0.3) is 5.91 Å². The van der Waals surface area contributed by atoms with Gasteiger partial charge in [-0.1, -0.05) is 13.8 Å². The summed E-state index contributed by atoms with van der Waals surface area (Å²) in [5.41, 5.74) is -0.900. The summed E-state index contributed by atoms with van der Waals surface area (Å²) in [7, 11) is 0. The molecule has 2 aliphatic rings. The molecule has 2 fully saturated rings. The Labute approximate surface area is 159 Å². The van der Waals surface area contributed by atoms with Crippen LogP contribution in [0, 0.1) is 12.3 Å². The zero-order chi connectivity index (χ0) is 19.8. The topological polar surface area (TPSA) is 103 Å². The van der Waals surface area contributed by atoms with Crippen LogP contribution in [0.1, 0.15) is 62.1 Å². The van der Waals surface area contributed by atoms with E-state index in [1.807, 2.05) is 32.4 Å². The Morgan fingerprint density at radius 1 is 1.41 bits per heavy atom. The molecule has 150 valence electrons. The van der Waals surface area contributed by atoms with E-state index in [0.717, 1.165) is 18.5 Å². The number of ether oxygens (including phenoxy) is 2. The summed E-state index contributed by atoms with van der Waals surface area (Å²) in [6, 6.07) is 0.205. The molecule has 1 aliphatic carbocycles. The van der Waals surface area contributed by atoms with Crippen molar-refractivity contribution in [2.45, 2.75) is 64.6 Å². The van der Waals surface area contributed by atoms with Crippen molar-refractivity contribution in [3.05, 3.63) is 17.5 Å². The predicted octanol–water partition coefficient (Wildman–Crippen LogP) is 1.93. The molecule has 0 radical (unpaired) electrons. The highest BCUT2D eigenvalue weighted by atomic mass is 16.5. The van der Waals surface area contributed by atoms with Crippen molar-refractivity contribution >= 4 is 11.9 Å². The van der Waals surface area contributed by atoms with E-state index in [4.69, 9.17) is 9.47 Å². The van der Waals surface area contributed by atoms with Gasteiger partial charge in [0, 0.05) is 37.4 Å². The Hall–Kier alpha value is -1.93. The summed E-state index contributed by atoms with van der Waals surface area (Å²) < 4.78 is 12.9. The number of aromatic nitrogens is 2. The first-order valence-corrected chi connectivity index (χ1v) is 9.54. The fourth-order valence-electron chi connectivity index (χ4n) is 4.24. The monoisotopic (exact) mass is 379 g/mol. The van der Waals surface area contributed by atoms with E-state index in [-0.39, 0.29) is 18.6 Å². The minimum absolute atomic E-state index is 0.204. The quantitative estimate of drug-likeness (QED) is 0.783. The molecule has 1 amide bonds. The Kier molecular flexibility index (Phi) is 5.31. The van der Waals surface area contributed by atoms with Crippen molar-refractivity contribution in [3.63, 3.8) is 0 Å². The van der Waals surface area contributed by atoms with Crippen LogP contribution < -0.4 is 5.32 Å². The minimum atomic E-state index is -1.35. The van der Waals surface area contributed by atoms with Crippen molar-refractivity contribution in [3.8, 4) is 0 Å². The van der Waals surface area contributed by atoms with Gasteiger partial charge in [0.05, 0.1) is 23.9 Å². The third kappa shape index (κ3) is 3.14.